The van der Waals surface area contributed by atoms with Crippen LogP contribution in [0.15, 0.2) is 18.5 Å². The van der Waals surface area contributed by atoms with E-state index in [2.05, 4.69) is 14.9 Å². The van der Waals surface area contributed by atoms with Gasteiger partial charge in [-0.05, 0) is 46.2 Å². The van der Waals surface area contributed by atoms with Crippen molar-refractivity contribution in [1.82, 2.24) is 14.9 Å². The molecule has 1 saturated heterocycles. The van der Waals surface area contributed by atoms with Crippen molar-refractivity contribution in [3.63, 3.8) is 0 Å². The number of ether oxygens (including phenoxy) is 1. The number of nitrogens with zero attached hydrogens (tertiary/aromatic N) is 3. The highest BCUT2D eigenvalue weighted by Gasteiger charge is 2.34. The highest BCUT2D eigenvalue weighted by molar-refractivity contribution is 5.76. The molecule has 0 aliphatic carbocycles. The zero-order chi connectivity index (χ0) is 13.9. The molecule has 0 bridgehead atoms. The number of hydrogen-bond donors (Lipinski definition) is 0. The van der Waals surface area contributed by atoms with Gasteiger partial charge in [-0.25, -0.2) is 9.97 Å². The molecule has 1 atom stereocenters. The van der Waals surface area contributed by atoms with E-state index in [0.717, 1.165) is 25.2 Å². The fourth-order valence-electron chi connectivity index (χ4n) is 2.25. The lowest BCUT2D eigenvalue weighted by Gasteiger charge is -2.26. The lowest BCUT2D eigenvalue weighted by molar-refractivity contribution is -0.160. The minimum Gasteiger partial charge on any atom is -0.459 e. The van der Waals surface area contributed by atoms with E-state index < -0.39 is 5.60 Å². The monoisotopic (exact) mass is 263 g/mol. The molecule has 0 N–H and O–H groups in total. The Labute approximate surface area is 114 Å². The van der Waals surface area contributed by atoms with Gasteiger partial charge < -0.3 is 4.74 Å². The van der Waals surface area contributed by atoms with Crippen LogP contribution in [0.1, 0.15) is 39.4 Å². The van der Waals surface area contributed by atoms with Gasteiger partial charge in [-0.15, -0.1) is 0 Å². The van der Waals surface area contributed by atoms with E-state index in [-0.39, 0.29) is 12.0 Å². The maximum atomic E-state index is 12.2. The van der Waals surface area contributed by atoms with Gasteiger partial charge in [0.1, 0.15) is 17.5 Å². The minimum absolute atomic E-state index is 0.138. The quantitative estimate of drug-likeness (QED) is 0.778. The second-order valence-electron chi connectivity index (χ2n) is 5.83. The van der Waals surface area contributed by atoms with Crippen LogP contribution in [0, 0.1) is 0 Å². The fraction of sp³-hybridized carbons (Fsp3) is 0.643. The van der Waals surface area contributed by atoms with Gasteiger partial charge in [0.2, 0.25) is 0 Å². The molecule has 0 radical (unpaired) electrons. The molecule has 2 heterocycles. The molecule has 1 aliphatic rings. The van der Waals surface area contributed by atoms with Crippen molar-refractivity contribution in [2.45, 2.75) is 51.8 Å². The molecular formula is C14H21N3O2. The van der Waals surface area contributed by atoms with Crippen LogP contribution < -0.4 is 0 Å². The minimum atomic E-state index is -0.436. The topological polar surface area (TPSA) is 55.3 Å². The van der Waals surface area contributed by atoms with Crippen LogP contribution in [-0.4, -0.2) is 39.0 Å². The SMILES string of the molecule is CC(C)(C)OC(=O)[C@@H]1CCCN1Cc1ncccn1. The first-order valence-electron chi connectivity index (χ1n) is 6.68. The Morgan fingerprint density at radius 2 is 2.11 bits per heavy atom. The summed E-state index contributed by atoms with van der Waals surface area (Å²) in [6.07, 6.45) is 5.31. The fourth-order valence-corrected chi connectivity index (χ4v) is 2.25. The Hall–Kier alpha value is -1.49. The molecule has 104 valence electrons. The van der Waals surface area contributed by atoms with Gasteiger partial charge in [0, 0.05) is 12.4 Å². The molecular weight excluding hydrogens is 242 g/mol. The lowest BCUT2D eigenvalue weighted by Crippen LogP contribution is -2.40. The van der Waals surface area contributed by atoms with E-state index >= 15 is 0 Å². The van der Waals surface area contributed by atoms with E-state index in [0.29, 0.717) is 6.54 Å². The van der Waals surface area contributed by atoms with Crippen molar-refractivity contribution in [3.8, 4) is 0 Å². The summed E-state index contributed by atoms with van der Waals surface area (Å²) in [7, 11) is 0. The summed E-state index contributed by atoms with van der Waals surface area (Å²) in [5.74, 6) is 0.610. The summed E-state index contributed by atoms with van der Waals surface area (Å²) in [6.45, 7) is 7.17. The molecule has 0 unspecified atom stereocenters. The molecule has 0 amide bonds. The van der Waals surface area contributed by atoms with Crippen LogP contribution in [0.4, 0.5) is 0 Å². The first-order valence-corrected chi connectivity index (χ1v) is 6.68. The van der Waals surface area contributed by atoms with Crippen LogP contribution in [0.2, 0.25) is 0 Å². The van der Waals surface area contributed by atoms with Gasteiger partial charge in [-0.1, -0.05) is 0 Å². The third kappa shape index (κ3) is 3.99. The Kier molecular flexibility index (Phi) is 4.14. The Balaban J connectivity index is 1.99. The summed E-state index contributed by atoms with van der Waals surface area (Å²) in [5, 5.41) is 0. The van der Waals surface area contributed by atoms with E-state index in [1.54, 1.807) is 18.5 Å². The smallest absolute Gasteiger partial charge is 0.323 e. The van der Waals surface area contributed by atoms with Gasteiger partial charge in [-0.2, -0.15) is 0 Å². The maximum absolute atomic E-state index is 12.2. The van der Waals surface area contributed by atoms with Crippen molar-refractivity contribution in [1.29, 1.82) is 0 Å². The lowest BCUT2D eigenvalue weighted by atomic mass is 10.1. The second-order valence-corrected chi connectivity index (χ2v) is 5.83. The molecule has 0 aromatic carbocycles. The molecule has 5 nitrogen and oxygen atoms in total. The van der Waals surface area contributed by atoms with Crippen molar-refractivity contribution < 1.29 is 9.53 Å². The predicted octanol–water partition coefficient (Wildman–Crippen LogP) is 1.78. The largest absolute Gasteiger partial charge is 0.459 e. The number of rotatable bonds is 3. The molecule has 1 fully saturated rings. The standard InChI is InChI=1S/C14H21N3O2/c1-14(2,3)19-13(18)11-6-4-9-17(11)10-12-15-7-5-8-16-12/h5,7-8,11H,4,6,9-10H2,1-3H3/t11-/m0/s1. The van der Waals surface area contributed by atoms with E-state index in [9.17, 15) is 4.79 Å². The zero-order valence-corrected chi connectivity index (χ0v) is 11.8. The summed E-state index contributed by atoms with van der Waals surface area (Å²) in [4.78, 5) is 22.7. The Morgan fingerprint density at radius 1 is 1.42 bits per heavy atom. The van der Waals surface area contributed by atoms with Crippen LogP contribution in [0.25, 0.3) is 0 Å². The van der Waals surface area contributed by atoms with Gasteiger partial charge in [0.25, 0.3) is 0 Å². The van der Waals surface area contributed by atoms with E-state index in [4.69, 9.17) is 4.74 Å². The molecule has 2 rings (SSSR count). The molecule has 1 aromatic heterocycles. The van der Waals surface area contributed by atoms with E-state index in [1.807, 2.05) is 20.8 Å². The van der Waals surface area contributed by atoms with Crippen molar-refractivity contribution in [3.05, 3.63) is 24.3 Å². The molecule has 1 aromatic rings. The van der Waals surface area contributed by atoms with Crippen molar-refractivity contribution in [2.24, 2.45) is 0 Å². The Bertz CT molecular complexity index is 428. The molecule has 0 spiro atoms. The average Bonchev–Trinajstić information content (AvgIpc) is 2.76. The number of likely N-dealkylation sites (tertiary alicyclic amines) is 1. The predicted molar refractivity (Wildman–Crippen MR) is 71.3 cm³/mol. The molecule has 1 aliphatic heterocycles. The summed E-state index contributed by atoms with van der Waals surface area (Å²) in [6, 6.07) is 1.63. The maximum Gasteiger partial charge on any atom is 0.323 e. The van der Waals surface area contributed by atoms with Crippen LogP contribution in [-0.2, 0) is 16.1 Å². The zero-order valence-electron chi connectivity index (χ0n) is 11.8. The van der Waals surface area contributed by atoms with Gasteiger partial charge >= 0.3 is 5.97 Å². The number of carbonyl (C=O) groups excluding carboxylic acids is 1. The van der Waals surface area contributed by atoms with Gasteiger partial charge in [0.05, 0.1) is 6.54 Å². The number of carbonyl (C=O) groups is 1. The van der Waals surface area contributed by atoms with E-state index in [1.165, 1.54) is 0 Å². The summed E-state index contributed by atoms with van der Waals surface area (Å²) >= 11 is 0. The van der Waals surface area contributed by atoms with Gasteiger partial charge in [-0.3, -0.25) is 9.69 Å². The number of hydrogen-bond acceptors (Lipinski definition) is 5. The van der Waals surface area contributed by atoms with Crippen molar-refractivity contribution in [2.75, 3.05) is 6.54 Å². The normalized spacial score (nSPS) is 20.5. The second kappa shape index (κ2) is 5.65. The number of aromatic nitrogens is 2. The van der Waals surface area contributed by atoms with Gasteiger partial charge in [0.15, 0.2) is 0 Å². The summed E-state index contributed by atoms with van der Waals surface area (Å²) < 4.78 is 5.47. The first-order chi connectivity index (χ1) is 8.96. The molecule has 5 heteroatoms. The van der Waals surface area contributed by atoms with Crippen LogP contribution in [0.3, 0.4) is 0 Å². The summed E-state index contributed by atoms with van der Waals surface area (Å²) in [5.41, 5.74) is -0.436. The highest BCUT2D eigenvalue weighted by atomic mass is 16.6. The third-order valence-electron chi connectivity index (χ3n) is 3.01. The molecule has 0 saturated carbocycles. The molecule has 19 heavy (non-hydrogen) atoms. The van der Waals surface area contributed by atoms with Crippen molar-refractivity contribution >= 4 is 5.97 Å². The average molecular weight is 263 g/mol. The number of esters is 1. The Morgan fingerprint density at radius 3 is 2.74 bits per heavy atom. The van der Waals surface area contributed by atoms with Crippen LogP contribution >= 0.6 is 0 Å². The highest BCUT2D eigenvalue weighted by Crippen LogP contribution is 2.22. The third-order valence-corrected chi connectivity index (χ3v) is 3.01. The first kappa shape index (κ1) is 13.9. The van der Waals surface area contributed by atoms with Crippen LogP contribution in [0.5, 0.6) is 0 Å².